The Morgan fingerprint density at radius 3 is 2.67 bits per heavy atom. The van der Waals surface area contributed by atoms with Crippen molar-refractivity contribution >= 4 is 27.5 Å². The van der Waals surface area contributed by atoms with Gasteiger partial charge in [0.1, 0.15) is 6.61 Å². The van der Waals surface area contributed by atoms with Crippen LogP contribution in [0.4, 0.5) is 0 Å². The van der Waals surface area contributed by atoms with E-state index in [0.29, 0.717) is 42.8 Å². The average Bonchev–Trinajstić information content (AvgIpc) is 2.56. The second-order valence-electron chi connectivity index (χ2n) is 5.14. The van der Waals surface area contributed by atoms with Crippen LogP contribution in [0.1, 0.15) is 18.1 Å². The van der Waals surface area contributed by atoms with Gasteiger partial charge in [0.25, 0.3) is 0 Å². The van der Waals surface area contributed by atoms with Crippen molar-refractivity contribution in [3.63, 3.8) is 0 Å². The Kier molecular flexibility index (Phi) is 7.85. The molecule has 4 nitrogen and oxygen atoms in total. The molecule has 0 bridgehead atoms. The van der Waals surface area contributed by atoms with E-state index in [1.165, 1.54) is 0 Å². The maximum absolute atomic E-state index is 8.87. The third-order valence-corrected chi connectivity index (χ3v) is 4.27. The lowest BCUT2D eigenvalue weighted by molar-refractivity contribution is 0.268. The fraction of sp³-hybridized carbons (Fsp3) is 0.333. The smallest absolute Gasteiger partial charge is 0.162 e. The molecule has 2 rings (SSSR count). The van der Waals surface area contributed by atoms with Gasteiger partial charge < -0.3 is 19.9 Å². The van der Waals surface area contributed by atoms with E-state index in [1.807, 2.05) is 43.3 Å². The molecule has 0 amide bonds. The van der Waals surface area contributed by atoms with Crippen LogP contribution in [0.2, 0.25) is 5.02 Å². The van der Waals surface area contributed by atoms with Gasteiger partial charge in [-0.1, -0.05) is 39.7 Å². The molecule has 0 atom stereocenters. The maximum atomic E-state index is 8.87. The average molecular weight is 415 g/mol. The molecule has 24 heavy (non-hydrogen) atoms. The highest BCUT2D eigenvalue weighted by Gasteiger charge is 2.11. The van der Waals surface area contributed by atoms with E-state index in [0.717, 1.165) is 15.6 Å². The summed E-state index contributed by atoms with van der Waals surface area (Å²) >= 11 is 9.56. The topological polar surface area (TPSA) is 50.7 Å². The number of aliphatic hydroxyl groups is 1. The number of aliphatic hydroxyl groups excluding tert-OH is 1. The van der Waals surface area contributed by atoms with Gasteiger partial charge in [0.2, 0.25) is 0 Å². The maximum Gasteiger partial charge on any atom is 0.162 e. The van der Waals surface area contributed by atoms with Gasteiger partial charge in [-0.05, 0) is 42.3 Å². The van der Waals surface area contributed by atoms with Crippen LogP contribution in [0.3, 0.4) is 0 Å². The fourth-order valence-electron chi connectivity index (χ4n) is 2.18. The first-order valence-corrected chi connectivity index (χ1v) is 8.95. The number of nitrogens with one attached hydrogen (secondary N) is 1. The molecule has 2 aromatic rings. The first-order valence-electron chi connectivity index (χ1n) is 7.78. The molecule has 0 unspecified atom stereocenters. The lowest BCUT2D eigenvalue weighted by Gasteiger charge is -2.15. The normalized spacial score (nSPS) is 10.7. The summed E-state index contributed by atoms with van der Waals surface area (Å²) < 4.78 is 12.5. The first kappa shape index (κ1) is 19.1. The van der Waals surface area contributed by atoms with Crippen molar-refractivity contribution in [1.29, 1.82) is 0 Å². The lowest BCUT2D eigenvalue weighted by atomic mass is 10.2. The summed E-state index contributed by atoms with van der Waals surface area (Å²) in [6, 6.07) is 11.4. The molecule has 130 valence electrons. The molecule has 0 radical (unpaired) electrons. The summed E-state index contributed by atoms with van der Waals surface area (Å²) in [6.07, 6.45) is 0. The molecule has 2 aromatic carbocycles. The van der Waals surface area contributed by atoms with Crippen LogP contribution in [0.15, 0.2) is 40.9 Å². The van der Waals surface area contributed by atoms with Crippen LogP contribution >= 0.6 is 27.5 Å². The van der Waals surface area contributed by atoms with Crippen molar-refractivity contribution in [2.24, 2.45) is 0 Å². The number of halogens is 2. The van der Waals surface area contributed by atoms with Crippen molar-refractivity contribution in [3.05, 3.63) is 57.0 Å². The number of rotatable bonds is 9. The van der Waals surface area contributed by atoms with E-state index in [4.69, 9.17) is 26.2 Å². The van der Waals surface area contributed by atoms with Crippen LogP contribution in [-0.2, 0) is 13.2 Å². The summed E-state index contributed by atoms with van der Waals surface area (Å²) in [5, 5.41) is 12.7. The molecule has 0 aliphatic carbocycles. The minimum absolute atomic E-state index is 0.108. The zero-order valence-corrected chi connectivity index (χ0v) is 15.9. The molecule has 2 N–H and O–H groups in total. The van der Waals surface area contributed by atoms with E-state index in [9.17, 15) is 0 Å². The molecular weight excluding hydrogens is 394 g/mol. The van der Waals surface area contributed by atoms with Crippen molar-refractivity contribution in [2.75, 3.05) is 19.8 Å². The van der Waals surface area contributed by atoms with E-state index in [2.05, 4.69) is 21.2 Å². The third-order valence-electron chi connectivity index (χ3n) is 3.30. The second-order valence-corrected chi connectivity index (χ2v) is 6.43. The van der Waals surface area contributed by atoms with Crippen molar-refractivity contribution < 1.29 is 14.6 Å². The van der Waals surface area contributed by atoms with Crippen LogP contribution in [-0.4, -0.2) is 24.9 Å². The number of hydrogen-bond donors (Lipinski definition) is 2. The van der Waals surface area contributed by atoms with Crippen molar-refractivity contribution in [2.45, 2.75) is 20.1 Å². The Balaban J connectivity index is 2.13. The number of benzene rings is 2. The number of ether oxygens (including phenoxy) is 2. The lowest BCUT2D eigenvalue weighted by Crippen LogP contribution is -2.17. The Labute approximate surface area is 155 Å². The highest BCUT2D eigenvalue weighted by atomic mass is 79.9. The largest absolute Gasteiger partial charge is 0.490 e. The Morgan fingerprint density at radius 2 is 1.96 bits per heavy atom. The molecule has 0 fully saturated rings. The summed E-state index contributed by atoms with van der Waals surface area (Å²) in [7, 11) is 0. The van der Waals surface area contributed by atoms with Gasteiger partial charge in [-0.2, -0.15) is 0 Å². The molecular formula is C18H21BrClNO3. The van der Waals surface area contributed by atoms with E-state index >= 15 is 0 Å². The monoisotopic (exact) mass is 413 g/mol. The SMILES string of the molecule is CCOc1cc(CNCCO)c(Br)cc1OCc1cccc(Cl)c1. The summed E-state index contributed by atoms with van der Waals surface area (Å²) in [4.78, 5) is 0. The molecule has 0 aromatic heterocycles. The molecule has 0 saturated carbocycles. The second kappa shape index (κ2) is 9.89. The Morgan fingerprint density at radius 1 is 1.17 bits per heavy atom. The zero-order chi connectivity index (χ0) is 17.4. The van der Waals surface area contributed by atoms with Gasteiger partial charge in [0, 0.05) is 22.6 Å². The zero-order valence-electron chi connectivity index (χ0n) is 13.5. The third kappa shape index (κ3) is 5.67. The fourth-order valence-corrected chi connectivity index (χ4v) is 2.86. The highest BCUT2D eigenvalue weighted by molar-refractivity contribution is 9.10. The predicted octanol–water partition coefficient (Wildman–Crippen LogP) is 4.16. The first-order chi connectivity index (χ1) is 11.6. The Hall–Kier alpha value is -1.27. The van der Waals surface area contributed by atoms with Crippen LogP contribution in [0, 0.1) is 0 Å². The molecule has 0 saturated heterocycles. The molecule has 0 heterocycles. The van der Waals surface area contributed by atoms with Gasteiger partial charge in [0.05, 0.1) is 13.2 Å². The standard InChI is InChI=1S/C18H21BrClNO3/c1-2-23-17-9-14(11-21-6-7-22)16(19)10-18(17)24-12-13-4-3-5-15(20)8-13/h3-5,8-10,21-22H,2,6-7,11-12H2,1H3. The van der Waals surface area contributed by atoms with Gasteiger partial charge in [-0.15, -0.1) is 0 Å². The molecule has 6 heteroatoms. The van der Waals surface area contributed by atoms with Gasteiger partial charge in [-0.25, -0.2) is 0 Å². The minimum Gasteiger partial charge on any atom is -0.490 e. The summed E-state index contributed by atoms with van der Waals surface area (Å²) in [6.45, 7) is 4.19. The summed E-state index contributed by atoms with van der Waals surface area (Å²) in [5.74, 6) is 1.37. The van der Waals surface area contributed by atoms with Gasteiger partial charge in [-0.3, -0.25) is 0 Å². The molecule has 0 spiro atoms. The van der Waals surface area contributed by atoms with Gasteiger partial charge >= 0.3 is 0 Å². The number of hydrogen-bond acceptors (Lipinski definition) is 4. The van der Waals surface area contributed by atoms with Crippen LogP contribution in [0.25, 0.3) is 0 Å². The predicted molar refractivity (Wildman–Crippen MR) is 99.9 cm³/mol. The van der Waals surface area contributed by atoms with Crippen molar-refractivity contribution in [1.82, 2.24) is 5.32 Å². The van der Waals surface area contributed by atoms with Crippen molar-refractivity contribution in [3.8, 4) is 11.5 Å². The van der Waals surface area contributed by atoms with E-state index in [-0.39, 0.29) is 6.61 Å². The highest BCUT2D eigenvalue weighted by Crippen LogP contribution is 2.34. The quantitative estimate of drug-likeness (QED) is 0.605. The van der Waals surface area contributed by atoms with E-state index in [1.54, 1.807) is 0 Å². The van der Waals surface area contributed by atoms with E-state index < -0.39 is 0 Å². The Bertz CT molecular complexity index is 667. The molecule has 0 aliphatic rings. The summed E-state index contributed by atoms with van der Waals surface area (Å²) in [5.41, 5.74) is 2.04. The van der Waals surface area contributed by atoms with Crippen LogP contribution in [0.5, 0.6) is 11.5 Å². The molecule has 0 aliphatic heterocycles. The van der Waals surface area contributed by atoms with Crippen LogP contribution < -0.4 is 14.8 Å². The minimum atomic E-state index is 0.108. The van der Waals surface area contributed by atoms with Gasteiger partial charge in [0.15, 0.2) is 11.5 Å².